The van der Waals surface area contributed by atoms with Crippen LogP contribution in [0.5, 0.6) is 0 Å². The van der Waals surface area contributed by atoms with Crippen molar-refractivity contribution in [3.63, 3.8) is 0 Å². The van der Waals surface area contributed by atoms with Crippen LogP contribution in [0.2, 0.25) is 6.55 Å². The summed E-state index contributed by atoms with van der Waals surface area (Å²) in [4.78, 5) is 0. The maximum atomic E-state index is 13.3. The fourth-order valence-electron chi connectivity index (χ4n) is 2.40. The lowest BCUT2D eigenvalue weighted by Gasteiger charge is -2.26. The van der Waals surface area contributed by atoms with Crippen LogP contribution < -0.4 is 5.19 Å². The molecule has 118 valence electrons. The van der Waals surface area contributed by atoms with Gasteiger partial charge in [-0.2, -0.15) is 0 Å². The molecular weight excluding hydrogens is 302 g/mol. The van der Waals surface area contributed by atoms with Crippen molar-refractivity contribution >= 4 is 13.7 Å². The highest BCUT2D eigenvalue weighted by Crippen LogP contribution is 2.21. The molecule has 2 aromatic rings. The smallest absolute Gasteiger partial charge is 0.369 e. The van der Waals surface area contributed by atoms with Crippen molar-refractivity contribution in [1.82, 2.24) is 0 Å². The second-order valence-corrected chi connectivity index (χ2v) is 8.06. The fourth-order valence-corrected chi connectivity index (χ4v) is 4.69. The Balaban J connectivity index is 2.30. The van der Waals surface area contributed by atoms with E-state index in [4.69, 9.17) is 8.85 Å². The second kappa shape index (κ2) is 7.13. The van der Waals surface area contributed by atoms with Crippen LogP contribution in [-0.4, -0.2) is 21.8 Å². The lowest BCUT2D eigenvalue weighted by atomic mass is 10.1. The molecule has 0 N–H and O–H groups in total. The van der Waals surface area contributed by atoms with Gasteiger partial charge in [0.1, 0.15) is 0 Å². The van der Waals surface area contributed by atoms with Crippen LogP contribution in [-0.2, 0) is 8.85 Å². The molecule has 5 heteroatoms. The molecule has 2 aromatic carbocycles. The van der Waals surface area contributed by atoms with Crippen LogP contribution in [0.4, 0.5) is 8.78 Å². The van der Waals surface area contributed by atoms with Gasteiger partial charge in [-0.05, 0) is 48.8 Å². The Bertz CT molecular complexity index is 623. The topological polar surface area (TPSA) is 18.5 Å². The van der Waals surface area contributed by atoms with Gasteiger partial charge in [-0.25, -0.2) is 8.78 Å². The maximum absolute atomic E-state index is 13.3. The van der Waals surface area contributed by atoms with Crippen LogP contribution in [0.15, 0.2) is 42.5 Å². The van der Waals surface area contributed by atoms with Crippen LogP contribution in [0.1, 0.15) is 13.8 Å². The van der Waals surface area contributed by atoms with Gasteiger partial charge in [-0.3, -0.25) is 0 Å². The molecule has 0 atom stereocenters. The number of hydrogen-bond acceptors (Lipinski definition) is 2. The average Bonchev–Trinajstić information content (AvgIpc) is 2.51. The number of benzene rings is 2. The molecule has 0 saturated heterocycles. The first kappa shape index (κ1) is 16.8. The van der Waals surface area contributed by atoms with E-state index in [9.17, 15) is 8.78 Å². The summed E-state index contributed by atoms with van der Waals surface area (Å²) in [5, 5.41) is 1.02. The minimum Gasteiger partial charge on any atom is -0.391 e. The van der Waals surface area contributed by atoms with Gasteiger partial charge in [-0.1, -0.05) is 30.3 Å². The largest absolute Gasteiger partial charge is 0.391 e. The summed E-state index contributed by atoms with van der Waals surface area (Å²) in [6.07, 6.45) is 0. The van der Waals surface area contributed by atoms with E-state index in [1.165, 1.54) is 6.07 Å². The third kappa shape index (κ3) is 3.60. The molecule has 0 amide bonds. The van der Waals surface area contributed by atoms with Gasteiger partial charge in [0.2, 0.25) is 0 Å². The van der Waals surface area contributed by atoms with Crippen molar-refractivity contribution in [1.29, 1.82) is 0 Å². The molecule has 0 aliphatic rings. The molecule has 0 bridgehead atoms. The molecule has 0 heterocycles. The summed E-state index contributed by atoms with van der Waals surface area (Å²) < 4.78 is 38.0. The highest BCUT2D eigenvalue weighted by atomic mass is 28.4. The Morgan fingerprint density at radius 1 is 0.818 bits per heavy atom. The molecule has 2 nitrogen and oxygen atoms in total. The number of rotatable bonds is 6. The van der Waals surface area contributed by atoms with E-state index in [0.717, 1.165) is 16.8 Å². The third-order valence-corrected chi connectivity index (χ3v) is 6.56. The van der Waals surface area contributed by atoms with Crippen molar-refractivity contribution < 1.29 is 17.6 Å². The monoisotopic (exact) mass is 322 g/mol. The van der Waals surface area contributed by atoms with Crippen molar-refractivity contribution in [3.8, 4) is 11.1 Å². The van der Waals surface area contributed by atoms with E-state index in [2.05, 4.69) is 0 Å². The van der Waals surface area contributed by atoms with Crippen LogP contribution in [0, 0.1) is 11.6 Å². The van der Waals surface area contributed by atoms with Crippen LogP contribution in [0.25, 0.3) is 11.1 Å². The Morgan fingerprint density at radius 2 is 1.36 bits per heavy atom. The number of hydrogen-bond donors (Lipinski definition) is 0. The molecule has 0 saturated carbocycles. The normalized spacial score (nSPS) is 11.7. The van der Waals surface area contributed by atoms with Gasteiger partial charge in [0.15, 0.2) is 11.6 Å². The van der Waals surface area contributed by atoms with E-state index in [0.29, 0.717) is 18.8 Å². The standard InChI is InChI=1S/C17H20F2O2Si/c1-4-20-22(3,21-5-2)15-9-6-13(7-10-15)14-8-11-16(18)17(19)12-14/h6-12H,4-5H2,1-3H3. The third-order valence-electron chi connectivity index (χ3n) is 3.50. The van der Waals surface area contributed by atoms with Gasteiger partial charge < -0.3 is 8.85 Å². The summed E-state index contributed by atoms with van der Waals surface area (Å²) in [5.41, 5.74) is 1.47. The molecule has 0 aliphatic carbocycles. The Morgan fingerprint density at radius 3 is 1.86 bits per heavy atom. The molecule has 2 rings (SSSR count). The summed E-state index contributed by atoms with van der Waals surface area (Å²) in [7, 11) is -2.40. The van der Waals surface area contributed by atoms with Gasteiger partial charge in [-0.15, -0.1) is 0 Å². The highest BCUT2D eigenvalue weighted by molar-refractivity contribution is 6.79. The molecule has 0 spiro atoms. The summed E-state index contributed by atoms with van der Waals surface area (Å²) >= 11 is 0. The molecular formula is C17H20F2O2Si. The van der Waals surface area contributed by atoms with Gasteiger partial charge in [0.25, 0.3) is 0 Å². The number of halogens is 2. The van der Waals surface area contributed by atoms with Crippen LogP contribution >= 0.6 is 0 Å². The van der Waals surface area contributed by atoms with Gasteiger partial charge in [0.05, 0.1) is 0 Å². The molecule has 0 radical (unpaired) electrons. The minimum absolute atomic E-state index is 0.591. The van der Waals surface area contributed by atoms with E-state index >= 15 is 0 Å². The van der Waals surface area contributed by atoms with Crippen LogP contribution in [0.3, 0.4) is 0 Å². The van der Waals surface area contributed by atoms with Gasteiger partial charge in [0, 0.05) is 13.2 Å². The van der Waals surface area contributed by atoms with Crippen molar-refractivity contribution in [3.05, 3.63) is 54.1 Å². The lowest BCUT2D eigenvalue weighted by molar-refractivity contribution is 0.202. The SMILES string of the molecule is CCO[Si](C)(OCC)c1ccc(-c2ccc(F)c(F)c2)cc1. The highest BCUT2D eigenvalue weighted by Gasteiger charge is 2.33. The first-order valence-electron chi connectivity index (χ1n) is 7.34. The Hall–Kier alpha value is -1.56. The zero-order chi connectivity index (χ0) is 16.2. The predicted molar refractivity (Wildman–Crippen MR) is 86.3 cm³/mol. The molecule has 0 unspecified atom stereocenters. The Kier molecular flexibility index (Phi) is 5.45. The maximum Gasteiger partial charge on any atom is 0.369 e. The average molecular weight is 322 g/mol. The first-order valence-corrected chi connectivity index (χ1v) is 9.65. The summed E-state index contributed by atoms with van der Waals surface area (Å²) in [5.74, 6) is -1.68. The van der Waals surface area contributed by atoms with Crippen molar-refractivity contribution in [2.45, 2.75) is 20.4 Å². The zero-order valence-electron chi connectivity index (χ0n) is 13.0. The fraction of sp³-hybridized carbons (Fsp3) is 0.294. The molecule has 0 fully saturated rings. The second-order valence-electron chi connectivity index (χ2n) is 5.02. The lowest BCUT2D eigenvalue weighted by Crippen LogP contribution is -2.51. The quantitative estimate of drug-likeness (QED) is 0.749. The van der Waals surface area contributed by atoms with E-state index in [1.54, 1.807) is 6.07 Å². The molecule has 0 aromatic heterocycles. The summed E-state index contributed by atoms with van der Waals surface area (Å²) in [6.45, 7) is 7.08. The van der Waals surface area contributed by atoms with E-state index < -0.39 is 20.2 Å². The van der Waals surface area contributed by atoms with E-state index in [-0.39, 0.29) is 0 Å². The molecule has 22 heavy (non-hydrogen) atoms. The predicted octanol–water partition coefficient (Wildman–Crippen LogP) is 3.98. The van der Waals surface area contributed by atoms with E-state index in [1.807, 2.05) is 44.7 Å². The zero-order valence-corrected chi connectivity index (χ0v) is 14.0. The van der Waals surface area contributed by atoms with Gasteiger partial charge >= 0.3 is 8.56 Å². The summed E-state index contributed by atoms with van der Waals surface area (Å²) in [6, 6.07) is 11.5. The minimum atomic E-state index is -2.40. The Labute approximate surface area is 130 Å². The van der Waals surface area contributed by atoms with Crippen molar-refractivity contribution in [2.24, 2.45) is 0 Å². The van der Waals surface area contributed by atoms with Crippen molar-refractivity contribution in [2.75, 3.05) is 13.2 Å². The molecule has 0 aliphatic heterocycles. The first-order chi connectivity index (χ1) is 10.5.